The summed E-state index contributed by atoms with van der Waals surface area (Å²) in [6.45, 7) is 8.33. The summed E-state index contributed by atoms with van der Waals surface area (Å²) in [7, 11) is 0. The van der Waals surface area contributed by atoms with Crippen LogP contribution in [0.4, 0.5) is 0 Å². The summed E-state index contributed by atoms with van der Waals surface area (Å²) in [5.74, 6) is 0.564. The van der Waals surface area contributed by atoms with Gasteiger partial charge in [0.1, 0.15) is 0 Å². The zero-order valence-electron chi connectivity index (χ0n) is 9.83. The smallest absolute Gasteiger partial charge is 0.0312 e. The average molecular weight is 211 g/mol. The van der Waals surface area contributed by atoms with E-state index in [2.05, 4.69) is 62.2 Å². The summed E-state index contributed by atoms with van der Waals surface area (Å²) in [5.41, 5.74) is 4.78. The van der Waals surface area contributed by atoms with Crippen LogP contribution in [0, 0.1) is 0 Å². The van der Waals surface area contributed by atoms with Gasteiger partial charge in [0.2, 0.25) is 0 Å². The molecule has 0 aromatic heterocycles. The molecule has 0 bridgehead atoms. The molecule has 0 spiro atoms. The Hall–Kier alpha value is -1.76. The maximum absolute atomic E-state index is 3.91. The minimum absolute atomic E-state index is 0.564. The van der Waals surface area contributed by atoms with Gasteiger partial charge in [0.15, 0.2) is 0 Å². The van der Waals surface area contributed by atoms with E-state index in [9.17, 15) is 0 Å². The monoisotopic (exact) mass is 211 g/mol. The number of hydrogen-bond acceptors (Lipinski definition) is 1. The fourth-order valence-electron chi connectivity index (χ4n) is 1.77. The second-order valence-electron chi connectivity index (χ2n) is 4.38. The Morgan fingerprint density at radius 1 is 1.25 bits per heavy atom. The normalized spacial score (nSPS) is 14.9. The molecule has 1 aromatic rings. The van der Waals surface area contributed by atoms with Gasteiger partial charge in [0, 0.05) is 11.9 Å². The van der Waals surface area contributed by atoms with Crippen LogP contribution in [-0.2, 0) is 0 Å². The topological polar surface area (TPSA) is 12.0 Å². The molecule has 0 radical (unpaired) electrons. The Morgan fingerprint density at radius 3 is 2.75 bits per heavy atom. The minimum Gasteiger partial charge on any atom is -0.362 e. The first-order chi connectivity index (χ1) is 7.66. The molecular formula is C15H17N. The molecule has 1 heteroatoms. The van der Waals surface area contributed by atoms with Crippen LogP contribution in [0.5, 0.6) is 0 Å². The highest BCUT2D eigenvalue weighted by Gasteiger charge is 2.05. The summed E-state index contributed by atoms with van der Waals surface area (Å²) in [6.07, 6.45) is 6.08. The van der Waals surface area contributed by atoms with Gasteiger partial charge in [0.05, 0.1) is 0 Å². The number of dihydropyridines is 1. The molecule has 16 heavy (non-hydrogen) atoms. The van der Waals surface area contributed by atoms with E-state index in [-0.39, 0.29) is 0 Å². The summed E-state index contributed by atoms with van der Waals surface area (Å²) in [5, 5.41) is 3.07. The van der Waals surface area contributed by atoms with Gasteiger partial charge >= 0.3 is 0 Å². The third-order valence-corrected chi connectivity index (χ3v) is 2.75. The average Bonchev–Trinajstić information content (AvgIpc) is 2.29. The van der Waals surface area contributed by atoms with Crippen LogP contribution in [0.3, 0.4) is 0 Å². The van der Waals surface area contributed by atoms with Crippen LogP contribution < -0.4 is 5.32 Å². The van der Waals surface area contributed by atoms with E-state index in [1.807, 2.05) is 6.20 Å². The number of allylic oxidation sites excluding steroid dienone is 3. The van der Waals surface area contributed by atoms with E-state index in [0.29, 0.717) is 5.92 Å². The summed E-state index contributed by atoms with van der Waals surface area (Å²) in [4.78, 5) is 0. The summed E-state index contributed by atoms with van der Waals surface area (Å²) < 4.78 is 0. The maximum Gasteiger partial charge on any atom is 0.0312 e. The predicted molar refractivity (Wildman–Crippen MR) is 69.9 cm³/mol. The van der Waals surface area contributed by atoms with E-state index >= 15 is 0 Å². The van der Waals surface area contributed by atoms with Gasteiger partial charge in [0.25, 0.3) is 0 Å². The SMILES string of the molecule is C=C1C=C(c2cccc(C(C)C)c2)C=CN1. The molecule has 82 valence electrons. The molecule has 1 aliphatic rings. The Kier molecular flexibility index (Phi) is 2.95. The lowest BCUT2D eigenvalue weighted by molar-refractivity contribution is 0.866. The highest BCUT2D eigenvalue weighted by atomic mass is 14.8. The van der Waals surface area contributed by atoms with Crippen LogP contribution in [0.1, 0.15) is 30.9 Å². The van der Waals surface area contributed by atoms with Gasteiger partial charge in [-0.25, -0.2) is 0 Å². The van der Waals surface area contributed by atoms with Crippen molar-refractivity contribution < 1.29 is 0 Å². The second-order valence-corrected chi connectivity index (χ2v) is 4.38. The first-order valence-corrected chi connectivity index (χ1v) is 5.61. The van der Waals surface area contributed by atoms with Crippen LogP contribution in [-0.4, -0.2) is 0 Å². The van der Waals surface area contributed by atoms with Crippen molar-refractivity contribution >= 4 is 5.57 Å². The van der Waals surface area contributed by atoms with E-state index in [1.54, 1.807) is 0 Å². The zero-order valence-corrected chi connectivity index (χ0v) is 9.83. The first kappa shape index (κ1) is 10.7. The fourth-order valence-corrected chi connectivity index (χ4v) is 1.77. The molecule has 0 aliphatic carbocycles. The highest BCUT2D eigenvalue weighted by molar-refractivity contribution is 5.77. The Bertz CT molecular complexity index is 464. The van der Waals surface area contributed by atoms with Gasteiger partial charge < -0.3 is 5.32 Å². The Morgan fingerprint density at radius 2 is 2.06 bits per heavy atom. The molecule has 0 atom stereocenters. The van der Waals surface area contributed by atoms with Crippen molar-refractivity contribution in [3.05, 3.63) is 66.0 Å². The molecule has 2 rings (SSSR count). The number of benzene rings is 1. The van der Waals surface area contributed by atoms with Gasteiger partial charge in [-0.3, -0.25) is 0 Å². The lowest BCUT2D eigenvalue weighted by Crippen LogP contribution is -2.05. The quantitative estimate of drug-likeness (QED) is 0.784. The highest BCUT2D eigenvalue weighted by Crippen LogP contribution is 2.23. The van der Waals surface area contributed by atoms with Crippen LogP contribution >= 0.6 is 0 Å². The van der Waals surface area contributed by atoms with Gasteiger partial charge in [-0.2, -0.15) is 0 Å². The number of hydrogen-bond donors (Lipinski definition) is 1. The number of nitrogens with one attached hydrogen (secondary N) is 1. The Labute approximate surface area is 97.2 Å². The molecule has 1 aromatic carbocycles. The molecule has 1 aliphatic heterocycles. The number of rotatable bonds is 2. The molecule has 0 saturated heterocycles. The van der Waals surface area contributed by atoms with E-state index in [1.165, 1.54) is 16.7 Å². The van der Waals surface area contributed by atoms with Crippen molar-refractivity contribution in [1.82, 2.24) is 5.32 Å². The molecule has 0 saturated carbocycles. The molecular weight excluding hydrogens is 194 g/mol. The largest absolute Gasteiger partial charge is 0.362 e. The van der Waals surface area contributed by atoms with E-state index in [0.717, 1.165) is 5.70 Å². The van der Waals surface area contributed by atoms with Gasteiger partial charge in [-0.05, 0) is 34.8 Å². The minimum atomic E-state index is 0.564. The van der Waals surface area contributed by atoms with Crippen molar-refractivity contribution in [1.29, 1.82) is 0 Å². The predicted octanol–water partition coefficient (Wildman–Crippen LogP) is 3.82. The van der Waals surface area contributed by atoms with E-state index in [4.69, 9.17) is 0 Å². The van der Waals surface area contributed by atoms with Crippen molar-refractivity contribution in [3.63, 3.8) is 0 Å². The molecule has 1 heterocycles. The van der Waals surface area contributed by atoms with Crippen molar-refractivity contribution in [2.45, 2.75) is 19.8 Å². The summed E-state index contributed by atoms with van der Waals surface area (Å²) in [6, 6.07) is 8.68. The third-order valence-electron chi connectivity index (χ3n) is 2.75. The third kappa shape index (κ3) is 2.25. The van der Waals surface area contributed by atoms with Gasteiger partial charge in [-0.1, -0.05) is 44.7 Å². The second kappa shape index (κ2) is 4.40. The fraction of sp³-hybridized carbons (Fsp3) is 0.200. The molecule has 1 nitrogen and oxygen atoms in total. The zero-order chi connectivity index (χ0) is 11.5. The first-order valence-electron chi connectivity index (χ1n) is 5.61. The summed E-state index contributed by atoms with van der Waals surface area (Å²) >= 11 is 0. The molecule has 0 amide bonds. The Balaban J connectivity index is 2.37. The molecule has 1 N–H and O–H groups in total. The molecule has 0 fully saturated rings. The van der Waals surface area contributed by atoms with Crippen LogP contribution in [0.15, 0.2) is 54.9 Å². The molecule has 0 unspecified atom stereocenters. The van der Waals surface area contributed by atoms with Crippen molar-refractivity contribution in [3.8, 4) is 0 Å². The standard InChI is InChI=1S/C15H17N/c1-11(2)13-5-4-6-14(10-13)15-7-8-16-12(3)9-15/h4-11,16H,3H2,1-2H3. The van der Waals surface area contributed by atoms with Crippen molar-refractivity contribution in [2.24, 2.45) is 0 Å². The lowest BCUT2D eigenvalue weighted by atomic mass is 9.96. The van der Waals surface area contributed by atoms with Crippen molar-refractivity contribution in [2.75, 3.05) is 0 Å². The maximum atomic E-state index is 3.91. The van der Waals surface area contributed by atoms with Gasteiger partial charge in [-0.15, -0.1) is 0 Å². The van der Waals surface area contributed by atoms with E-state index < -0.39 is 0 Å². The van der Waals surface area contributed by atoms with Crippen LogP contribution in [0.2, 0.25) is 0 Å². The van der Waals surface area contributed by atoms with Crippen LogP contribution in [0.25, 0.3) is 5.57 Å². The lowest BCUT2D eigenvalue weighted by Gasteiger charge is -2.12.